The van der Waals surface area contributed by atoms with E-state index in [1.54, 1.807) is 0 Å². The lowest BCUT2D eigenvalue weighted by Gasteiger charge is -2.28. The summed E-state index contributed by atoms with van der Waals surface area (Å²) in [6, 6.07) is 0.507. The monoisotopic (exact) mass is 238 g/mol. The van der Waals surface area contributed by atoms with Crippen LogP contribution in [-0.2, 0) is 4.79 Å². The van der Waals surface area contributed by atoms with Crippen molar-refractivity contribution in [3.63, 3.8) is 0 Å². The number of nitrogens with one attached hydrogen (secondary N) is 2. The zero-order valence-electron chi connectivity index (χ0n) is 11.5. The Balaban J connectivity index is 1.81. The second-order valence-electron chi connectivity index (χ2n) is 6.91. The fraction of sp³-hybridized carbons (Fsp3) is 0.929. The minimum atomic E-state index is -0.137. The number of hydrogen-bond acceptors (Lipinski definition) is 2. The molecule has 2 rings (SSSR count). The van der Waals surface area contributed by atoms with E-state index >= 15 is 0 Å². The van der Waals surface area contributed by atoms with Gasteiger partial charge in [0.1, 0.15) is 0 Å². The zero-order chi connectivity index (χ0) is 12.6. The molecule has 0 aromatic heterocycles. The summed E-state index contributed by atoms with van der Waals surface area (Å²) in [4.78, 5) is 12.0. The lowest BCUT2D eigenvalue weighted by molar-refractivity contribution is -0.124. The van der Waals surface area contributed by atoms with Crippen molar-refractivity contribution in [2.24, 2.45) is 11.8 Å². The molecule has 2 saturated carbocycles. The Hall–Kier alpha value is -0.570. The van der Waals surface area contributed by atoms with Crippen LogP contribution in [0.1, 0.15) is 53.4 Å². The summed E-state index contributed by atoms with van der Waals surface area (Å²) in [7, 11) is 0. The normalized spacial score (nSPS) is 33.8. The van der Waals surface area contributed by atoms with E-state index in [-0.39, 0.29) is 17.5 Å². The van der Waals surface area contributed by atoms with Gasteiger partial charge >= 0.3 is 0 Å². The summed E-state index contributed by atoms with van der Waals surface area (Å²) in [5, 5.41) is 6.56. The first kappa shape index (κ1) is 12.9. The molecule has 1 amide bonds. The second kappa shape index (κ2) is 4.60. The molecule has 17 heavy (non-hydrogen) atoms. The summed E-state index contributed by atoms with van der Waals surface area (Å²) >= 11 is 0. The Morgan fingerprint density at radius 3 is 2.41 bits per heavy atom. The van der Waals surface area contributed by atoms with Gasteiger partial charge < -0.3 is 10.6 Å². The van der Waals surface area contributed by atoms with E-state index in [9.17, 15) is 4.79 Å². The van der Waals surface area contributed by atoms with E-state index in [2.05, 4.69) is 10.6 Å². The standard InChI is InChI=1S/C14H26N2O/c1-9(13(17)16-14(2,3)4)15-12-8-10-5-6-11(12)7-10/h9-12,15H,5-8H2,1-4H3,(H,16,17). The van der Waals surface area contributed by atoms with E-state index in [0.717, 1.165) is 11.8 Å². The molecule has 0 aromatic carbocycles. The van der Waals surface area contributed by atoms with Crippen LogP contribution in [0.2, 0.25) is 0 Å². The number of amides is 1. The molecule has 4 unspecified atom stereocenters. The fourth-order valence-corrected chi connectivity index (χ4v) is 3.32. The maximum atomic E-state index is 12.0. The molecule has 2 aliphatic carbocycles. The van der Waals surface area contributed by atoms with Crippen LogP contribution >= 0.6 is 0 Å². The van der Waals surface area contributed by atoms with Crippen LogP contribution < -0.4 is 10.6 Å². The van der Waals surface area contributed by atoms with Gasteiger partial charge in [-0.15, -0.1) is 0 Å². The summed E-state index contributed by atoms with van der Waals surface area (Å²) < 4.78 is 0. The van der Waals surface area contributed by atoms with Crippen LogP contribution in [-0.4, -0.2) is 23.5 Å². The highest BCUT2D eigenvalue weighted by Gasteiger charge is 2.40. The molecule has 2 N–H and O–H groups in total. The molecule has 0 aliphatic heterocycles. The molecule has 2 fully saturated rings. The Bertz CT molecular complexity index is 295. The van der Waals surface area contributed by atoms with Crippen LogP contribution in [0.3, 0.4) is 0 Å². The van der Waals surface area contributed by atoms with Crippen LogP contribution in [0.15, 0.2) is 0 Å². The highest BCUT2D eigenvalue weighted by atomic mass is 16.2. The number of rotatable bonds is 3. The molecule has 98 valence electrons. The van der Waals surface area contributed by atoms with Crippen molar-refractivity contribution >= 4 is 5.91 Å². The summed E-state index contributed by atoms with van der Waals surface area (Å²) in [6.07, 6.45) is 5.42. The van der Waals surface area contributed by atoms with Gasteiger partial charge in [0, 0.05) is 11.6 Å². The summed E-state index contributed by atoms with van der Waals surface area (Å²) in [5.41, 5.74) is -0.137. The van der Waals surface area contributed by atoms with Gasteiger partial charge in [-0.05, 0) is 58.8 Å². The van der Waals surface area contributed by atoms with E-state index in [1.807, 2.05) is 27.7 Å². The number of fused-ring (bicyclic) bond motifs is 2. The molecule has 0 radical (unpaired) electrons. The molecule has 4 atom stereocenters. The van der Waals surface area contributed by atoms with Crippen molar-refractivity contribution in [2.75, 3.05) is 0 Å². The molecule has 3 nitrogen and oxygen atoms in total. The molecule has 0 spiro atoms. The van der Waals surface area contributed by atoms with E-state index in [1.165, 1.54) is 25.7 Å². The number of carbonyl (C=O) groups is 1. The lowest BCUT2D eigenvalue weighted by Crippen LogP contribution is -2.52. The van der Waals surface area contributed by atoms with Gasteiger partial charge in [0.2, 0.25) is 5.91 Å². The van der Waals surface area contributed by atoms with Crippen LogP contribution in [0, 0.1) is 11.8 Å². The van der Waals surface area contributed by atoms with Gasteiger partial charge in [-0.2, -0.15) is 0 Å². The van der Waals surface area contributed by atoms with Gasteiger partial charge in [0.15, 0.2) is 0 Å². The van der Waals surface area contributed by atoms with Gasteiger partial charge in [-0.25, -0.2) is 0 Å². The zero-order valence-corrected chi connectivity index (χ0v) is 11.5. The van der Waals surface area contributed by atoms with Crippen molar-refractivity contribution < 1.29 is 4.79 Å². The first-order valence-electron chi connectivity index (χ1n) is 6.93. The Kier molecular flexibility index (Phi) is 3.48. The summed E-state index contributed by atoms with van der Waals surface area (Å²) in [6.45, 7) is 8.05. The third kappa shape index (κ3) is 3.21. The van der Waals surface area contributed by atoms with Gasteiger partial charge in [-0.1, -0.05) is 6.42 Å². The lowest BCUT2D eigenvalue weighted by atomic mass is 9.94. The predicted octanol–water partition coefficient (Wildman–Crippen LogP) is 2.07. The molecule has 0 saturated heterocycles. The topological polar surface area (TPSA) is 41.1 Å². The van der Waals surface area contributed by atoms with Gasteiger partial charge in [0.25, 0.3) is 0 Å². The van der Waals surface area contributed by atoms with Crippen LogP contribution in [0.4, 0.5) is 0 Å². The molecular formula is C14H26N2O. The molecule has 2 bridgehead atoms. The highest BCUT2D eigenvalue weighted by molar-refractivity contribution is 5.81. The minimum Gasteiger partial charge on any atom is -0.350 e. The predicted molar refractivity (Wildman–Crippen MR) is 69.7 cm³/mol. The Morgan fingerprint density at radius 1 is 1.24 bits per heavy atom. The van der Waals surface area contributed by atoms with E-state index in [4.69, 9.17) is 0 Å². The third-order valence-electron chi connectivity index (χ3n) is 4.09. The average Bonchev–Trinajstić information content (AvgIpc) is 2.76. The van der Waals surface area contributed by atoms with Crippen molar-refractivity contribution in [2.45, 2.75) is 71.0 Å². The van der Waals surface area contributed by atoms with E-state index < -0.39 is 0 Å². The first-order valence-corrected chi connectivity index (χ1v) is 6.93. The van der Waals surface area contributed by atoms with Crippen molar-refractivity contribution in [3.8, 4) is 0 Å². The maximum absolute atomic E-state index is 12.0. The van der Waals surface area contributed by atoms with Crippen molar-refractivity contribution in [3.05, 3.63) is 0 Å². The first-order chi connectivity index (χ1) is 7.85. The molecule has 2 aliphatic rings. The van der Waals surface area contributed by atoms with E-state index in [0.29, 0.717) is 6.04 Å². The van der Waals surface area contributed by atoms with Crippen LogP contribution in [0.25, 0.3) is 0 Å². The quantitative estimate of drug-likeness (QED) is 0.790. The number of carbonyl (C=O) groups excluding carboxylic acids is 1. The largest absolute Gasteiger partial charge is 0.350 e. The van der Waals surface area contributed by atoms with Gasteiger partial charge in [0.05, 0.1) is 6.04 Å². The fourth-order valence-electron chi connectivity index (χ4n) is 3.32. The molecule has 3 heteroatoms. The van der Waals surface area contributed by atoms with Crippen molar-refractivity contribution in [1.82, 2.24) is 10.6 Å². The second-order valence-corrected chi connectivity index (χ2v) is 6.91. The summed E-state index contributed by atoms with van der Waals surface area (Å²) in [5.74, 6) is 1.88. The van der Waals surface area contributed by atoms with Crippen molar-refractivity contribution in [1.29, 1.82) is 0 Å². The Labute approximate surface area is 105 Å². The van der Waals surface area contributed by atoms with Crippen LogP contribution in [0.5, 0.6) is 0 Å². The molecule has 0 heterocycles. The smallest absolute Gasteiger partial charge is 0.237 e. The SMILES string of the molecule is CC(NC1CC2CCC1C2)C(=O)NC(C)(C)C. The number of hydrogen-bond donors (Lipinski definition) is 2. The minimum absolute atomic E-state index is 0.0708. The maximum Gasteiger partial charge on any atom is 0.237 e. The third-order valence-corrected chi connectivity index (χ3v) is 4.09. The highest BCUT2D eigenvalue weighted by Crippen LogP contribution is 2.44. The Morgan fingerprint density at radius 2 is 1.94 bits per heavy atom. The van der Waals surface area contributed by atoms with Gasteiger partial charge in [-0.3, -0.25) is 4.79 Å². The molecule has 0 aromatic rings. The average molecular weight is 238 g/mol. The molecular weight excluding hydrogens is 212 g/mol.